The first-order chi connectivity index (χ1) is 18.8. The molecule has 3 aromatic carbocycles. The molecule has 5 rings (SSSR count). The Morgan fingerprint density at radius 3 is 2.44 bits per heavy atom. The summed E-state index contributed by atoms with van der Waals surface area (Å²) in [7, 11) is 3.20. The summed E-state index contributed by atoms with van der Waals surface area (Å²) in [5, 5.41) is 8.34. The van der Waals surface area contributed by atoms with Crippen LogP contribution in [0.4, 0.5) is 0 Å². The van der Waals surface area contributed by atoms with Gasteiger partial charge in [-0.3, -0.25) is 14.3 Å². The average Bonchev–Trinajstić information content (AvgIpc) is 3.39. The van der Waals surface area contributed by atoms with Crippen LogP contribution in [0.2, 0.25) is 5.02 Å². The summed E-state index contributed by atoms with van der Waals surface area (Å²) in [5.41, 5.74) is 2.40. The Hall–Kier alpha value is -4.30. The quantitative estimate of drug-likeness (QED) is 0.339. The zero-order chi connectivity index (χ0) is 27.6. The maximum Gasteiger partial charge on any atom is 0.273 e. The van der Waals surface area contributed by atoms with Gasteiger partial charge >= 0.3 is 0 Å². The first kappa shape index (κ1) is 26.3. The van der Waals surface area contributed by atoms with Gasteiger partial charge in [0.25, 0.3) is 5.91 Å². The van der Waals surface area contributed by atoms with E-state index in [9.17, 15) is 9.59 Å². The largest absolute Gasteiger partial charge is 0.497 e. The van der Waals surface area contributed by atoms with Crippen molar-refractivity contribution in [2.24, 2.45) is 0 Å². The molecule has 0 saturated carbocycles. The lowest BCUT2D eigenvalue weighted by Gasteiger charge is -2.43. The topological polar surface area (TPSA) is 85.7 Å². The van der Waals surface area contributed by atoms with Crippen LogP contribution in [0.25, 0.3) is 11.3 Å². The smallest absolute Gasteiger partial charge is 0.273 e. The van der Waals surface area contributed by atoms with E-state index < -0.39 is 5.54 Å². The number of halogens is 1. The molecular formula is C30H29ClN4O4. The fraction of sp³-hybridized carbons (Fsp3) is 0.233. The van der Waals surface area contributed by atoms with E-state index in [1.54, 1.807) is 48.9 Å². The van der Waals surface area contributed by atoms with Crippen molar-refractivity contribution in [3.8, 4) is 22.8 Å². The molecule has 1 atom stereocenters. The van der Waals surface area contributed by atoms with E-state index in [0.717, 1.165) is 22.4 Å². The molecule has 0 fully saturated rings. The van der Waals surface area contributed by atoms with Crippen LogP contribution in [0.1, 0.15) is 28.5 Å². The molecule has 2 amide bonds. The van der Waals surface area contributed by atoms with Gasteiger partial charge in [0.15, 0.2) is 0 Å². The van der Waals surface area contributed by atoms with Crippen molar-refractivity contribution >= 4 is 23.4 Å². The molecule has 4 aromatic rings. The van der Waals surface area contributed by atoms with Crippen LogP contribution in [0.5, 0.6) is 11.5 Å². The number of carbonyl (C=O) groups excluding carboxylic acids is 2. The maximum absolute atomic E-state index is 13.9. The third kappa shape index (κ3) is 5.20. The summed E-state index contributed by atoms with van der Waals surface area (Å²) in [5.74, 6) is 0.840. The lowest BCUT2D eigenvalue weighted by Crippen LogP contribution is -2.63. The van der Waals surface area contributed by atoms with E-state index >= 15 is 0 Å². The second-order valence-electron chi connectivity index (χ2n) is 9.59. The van der Waals surface area contributed by atoms with Gasteiger partial charge in [0.2, 0.25) is 5.91 Å². The number of benzene rings is 3. The molecule has 200 valence electrons. The summed E-state index contributed by atoms with van der Waals surface area (Å²) < 4.78 is 12.3. The van der Waals surface area contributed by atoms with Gasteiger partial charge in [0.1, 0.15) is 22.7 Å². The lowest BCUT2D eigenvalue weighted by molar-refractivity contribution is -0.133. The number of methoxy groups -OCH3 is 2. The van der Waals surface area contributed by atoms with Crippen LogP contribution in [0.3, 0.4) is 0 Å². The Morgan fingerprint density at radius 2 is 1.74 bits per heavy atom. The number of aromatic nitrogens is 2. The predicted octanol–water partition coefficient (Wildman–Crippen LogP) is 4.95. The molecular weight excluding hydrogens is 516 g/mol. The van der Waals surface area contributed by atoms with Crippen LogP contribution in [0.15, 0.2) is 78.9 Å². The van der Waals surface area contributed by atoms with Crippen molar-refractivity contribution in [2.45, 2.75) is 32.1 Å². The summed E-state index contributed by atoms with van der Waals surface area (Å²) in [6.45, 7) is 2.45. The molecule has 0 spiro atoms. The monoisotopic (exact) mass is 544 g/mol. The van der Waals surface area contributed by atoms with Gasteiger partial charge in [-0.05, 0) is 61.0 Å². The molecule has 0 unspecified atom stereocenters. The van der Waals surface area contributed by atoms with Gasteiger partial charge in [-0.15, -0.1) is 0 Å². The fourth-order valence-electron chi connectivity index (χ4n) is 4.78. The molecule has 0 saturated heterocycles. The maximum atomic E-state index is 13.9. The van der Waals surface area contributed by atoms with Crippen LogP contribution < -0.4 is 14.8 Å². The van der Waals surface area contributed by atoms with Crippen LogP contribution in [-0.4, -0.2) is 46.3 Å². The molecule has 1 aliphatic rings. The van der Waals surface area contributed by atoms with Gasteiger partial charge < -0.3 is 19.7 Å². The highest BCUT2D eigenvalue weighted by atomic mass is 35.5. The van der Waals surface area contributed by atoms with Gasteiger partial charge in [-0.25, -0.2) is 0 Å². The Labute approximate surface area is 232 Å². The highest BCUT2D eigenvalue weighted by Crippen LogP contribution is 2.32. The molecule has 39 heavy (non-hydrogen) atoms. The number of nitrogens with one attached hydrogen (secondary N) is 1. The Bertz CT molecular complexity index is 1500. The fourth-order valence-corrected chi connectivity index (χ4v) is 4.91. The first-order valence-corrected chi connectivity index (χ1v) is 12.9. The van der Waals surface area contributed by atoms with Crippen molar-refractivity contribution in [2.75, 3.05) is 14.2 Å². The minimum Gasteiger partial charge on any atom is -0.497 e. The van der Waals surface area contributed by atoms with E-state index in [2.05, 4.69) is 5.32 Å². The van der Waals surface area contributed by atoms with Gasteiger partial charge in [0, 0.05) is 29.2 Å². The first-order valence-electron chi connectivity index (χ1n) is 12.5. The Balaban J connectivity index is 1.48. The van der Waals surface area contributed by atoms with Gasteiger partial charge in [0.05, 0.1) is 26.5 Å². The molecule has 1 N–H and O–H groups in total. The van der Waals surface area contributed by atoms with Crippen molar-refractivity contribution in [1.29, 1.82) is 0 Å². The summed E-state index contributed by atoms with van der Waals surface area (Å²) >= 11 is 6.09. The number of rotatable bonds is 8. The minimum absolute atomic E-state index is 0.190. The zero-order valence-corrected chi connectivity index (χ0v) is 22.7. The number of hydrogen-bond donors (Lipinski definition) is 1. The second kappa shape index (κ2) is 10.8. The molecule has 0 radical (unpaired) electrons. The van der Waals surface area contributed by atoms with E-state index in [1.165, 1.54) is 0 Å². The number of hydrogen-bond acceptors (Lipinski definition) is 5. The van der Waals surface area contributed by atoms with E-state index in [1.807, 2.05) is 60.7 Å². The van der Waals surface area contributed by atoms with Crippen molar-refractivity contribution in [1.82, 2.24) is 20.0 Å². The predicted molar refractivity (Wildman–Crippen MR) is 149 cm³/mol. The lowest BCUT2D eigenvalue weighted by atomic mass is 9.94. The minimum atomic E-state index is -1.21. The second-order valence-corrected chi connectivity index (χ2v) is 10.0. The standard InChI is InChI=1S/C30H29ClN4O4/c1-30(29(37)32-17-22-6-4-5-7-27(22)39-3)19-35-26(16-25(33-35)21-10-14-24(38-2)15-11-21)28(36)34(30)18-20-8-12-23(31)13-9-20/h4-16H,17-19H2,1-3H3,(H,32,37)/t30-/m1/s1. The van der Waals surface area contributed by atoms with Crippen molar-refractivity contribution < 1.29 is 19.1 Å². The van der Waals surface area contributed by atoms with Crippen LogP contribution >= 0.6 is 11.6 Å². The Morgan fingerprint density at radius 1 is 1.03 bits per heavy atom. The molecule has 9 heteroatoms. The van der Waals surface area contributed by atoms with Crippen molar-refractivity contribution in [3.05, 3.63) is 101 Å². The highest BCUT2D eigenvalue weighted by Gasteiger charge is 2.48. The molecule has 1 aliphatic heterocycles. The normalized spacial score (nSPS) is 16.5. The van der Waals surface area contributed by atoms with E-state index in [0.29, 0.717) is 22.2 Å². The highest BCUT2D eigenvalue weighted by molar-refractivity contribution is 6.30. The number of ether oxygens (including phenoxy) is 2. The van der Waals surface area contributed by atoms with E-state index in [-0.39, 0.29) is 31.4 Å². The van der Waals surface area contributed by atoms with Crippen LogP contribution in [0, 0.1) is 0 Å². The van der Waals surface area contributed by atoms with E-state index in [4.69, 9.17) is 26.2 Å². The number of amides is 2. The number of nitrogens with zero attached hydrogens (tertiary/aromatic N) is 3. The SMILES string of the molecule is COc1ccc(-c2cc3n(n2)C[C@](C)(C(=O)NCc2ccccc2OC)N(Cc2ccc(Cl)cc2)C3=O)cc1. The summed E-state index contributed by atoms with van der Waals surface area (Å²) in [4.78, 5) is 29.4. The molecule has 1 aromatic heterocycles. The number of para-hydroxylation sites is 1. The molecule has 0 bridgehead atoms. The average molecular weight is 545 g/mol. The number of carbonyl (C=O) groups is 2. The zero-order valence-electron chi connectivity index (χ0n) is 22.0. The number of fused-ring (bicyclic) bond motifs is 1. The van der Waals surface area contributed by atoms with Crippen molar-refractivity contribution in [3.63, 3.8) is 0 Å². The summed E-state index contributed by atoms with van der Waals surface area (Å²) in [6.07, 6.45) is 0. The summed E-state index contributed by atoms with van der Waals surface area (Å²) in [6, 6.07) is 24.0. The molecule has 0 aliphatic carbocycles. The van der Waals surface area contributed by atoms with Gasteiger partial charge in [-0.1, -0.05) is 41.9 Å². The third-order valence-corrected chi connectivity index (χ3v) is 7.31. The third-order valence-electron chi connectivity index (χ3n) is 7.06. The molecule has 8 nitrogen and oxygen atoms in total. The Kier molecular flexibility index (Phi) is 7.30. The van der Waals surface area contributed by atoms with Crippen LogP contribution in [-0.2, 0) is 24.4 Å². The van der Waals surface area contributed by atoms with Gasteiger partial charge in [-0.2, -0.15) is 5.10 Å². The molecule has 2 heterocycles.